The van der Waals surface area contributed by atoms with E-state index < -0.39 is 0 Å². The molecule has 2 aliphatic rings. The summed E-state index contributed by atoms with van der Waals surface area (Å²) in [5.74, 6) is 0.496. The first-order valence-electron chi connectivity index (χ1n) is 8.78. The topological polar surface area (TPSA) is 49.4 Å². The van der Waals surface area contributed by atoms with E-state index >= 15 is 0 Å². The highest BCUT2D eigenvalue weighted by Crippen LogP contribution is 2.26. The van der Waals surface area contributed by atoms with Crippen LogP contribution >= 0.6 is 0 Å². The van der Waals surface area contributed by atoms with Crippen molar-refractivity contribution in [2.24, 2.45) is 11.8 Å². The number of anilines is 1. The molecule has 1 atom stereocenters. The van der Waals surface area contributed by atoms with Crippen molar-refractivity contribution >= 4 is 17.5 Å². The van der Waals surface area contributed by atoms with Crippen LogP contribution in [0.1, 0.15) is 44.1 Å². The number of amides is 2. The molecule has 1 aromatic rings. The Bertz CT molecular complexity index is 561. The van der Waals surface area contributed by atoms with Gasteiger partial charge in [-0.15, -0.1) is 0 Å². The van der Waals surface area contributed by atoms with E-state index in [0.717, 1.165) is 12.2 Å². The third-order valence-corrected chi connectivity index (χ3v) is 5.13. The van der Waals surface area contributed by atoms with Crippen molar-refractivity contribution < 1.29 is 9.59 Å². The largest absolute Gasteiger partial charge is 0.356 e. The predicted octanol–water partition coefficient (Wildman–Crippen LogP) is 3.04. The number of carbonyl (C=O) groups excluding carboxylic acids is 2. The van der Waals surface area contributed by atoms with Crippen LogP contribution in [-0.4, -0.2) is 24.9 Å². The molecule has 0 radical (unpaired) electrons. The minimum atomic E-state index is -0.215. The molecule has 124 valence electrons. The number of hydrogen-bond acceptors (Lipinski definition) is 2. The highest BCUT2D eigenvalue weighted by Gasteiger charge is 2.35. The lowest BCUT2D eigenvalue weighted by Crippen LogP contribution is -2.36. The average molecular weight is 314 g/mol. The van der Waals surface area contributed by atoms with Crippen LogP contribution in [0.15, 0.2) is 24.3 Å². The van der Waals surface area contributed by atoms with Gasteiger partial charge in [-0.25, -0.2) is 0 Å². The standard InChI is InChI=1S/C19H26N2O2/c1-14-7-9-17(10-8-14)21-13-16(11-18(21)22)19(23)20-12-15-5-3-2-4-6-15/h7-10,15-16H,2-6,11-13H2,1H3,(H,20,23). The third-order valence-electron chi connectivity index (χ3n) is 5.13. The smallest absolute Gasteiger partial charge is 0.227 e. The zero-order valence-electron chi connectivity index (χ0n) is 13.9. The zero-order valence-corrected chi connectivity index (χ0v) is 13.9. The molecular weight excluding hydrogens is 288 g/mol. The Kier molecular flexibility index (Phi) is 4.99. The molecule has 3 rings (SSSR count). The minimum absolute atomic E-state index is 0.0403. The summed E-state index contributed by atoms with van der Waals surface area (Å²) in [6.45, 7) is 3.30. The van der Waals surface area contributed by atoms with Crippen molar-refractivity contribution in [3.63, 3.8) is 0 Å². The second kappa shape index (κ2) is 7.16. The van der Waals surface area contributed by atoms with Crippen molar-refractivity contribution in [1.29, 1.82) is 0 Å². The first-order chi connectivity index (χ1) is 11.1. The summed E-state index contributed by atoms with van der Waals surface area (Å²) in [5, 5.41) is 3.08. The van der Waals surface area contributed by atoms with Crippen LogP contribution in [0.2, 0.25) is 0 Å². The quantitative estimate of drug-likeness (QED) is 0.928. The summed E-state index contributed by atoms with van der Waals surface area (Å²) in [4.78, 5) is 26.3. The van der Waals surface area contributed by atoms with Crippen molar-refractivity contribution in [2.75, 3.05) is 18.0 Å². The van der Waals surface area contributed by atoms with Crippen LogP contribution in [0, 0.1) is 18.8 Å². The molecule has 1 unspecified atom stereocenters. The van der Waals surface area contributed by atoms with E-state index in [-0.39, 0.29) is 17.7 Å². The SMILES string of the molecule is Cc1ccc(N2CC(C(=O)NCC3CCCCC3)CC2=O)cc1. The van der Waals surface area contributed by atoms with E-state index in [1.54, 1.807) is 4.90 Å². The Labute approximate surface area is 138 Å². The summed E-state index contributed by atoms with van der Waals surface area (Å²) in [7, 11) is 0. The van der Waals surface area contributed by atoms with Gasteiger partial charge in [-0.05, 0) is 37.8 Å². The van der Waals surface area contributed by atoms with Gasteiger partial charge in [-0.3, -0.25) is 9.59 Å². The summed E-state index contributed by atoms with van der Waals surface area (Å²) in [5.41, 5.74) is 2.06. The molecule has 1 saturated carbocycles. The van der Waals surface area contributed by atoms with Gasteiger partial charge in [0.2, 0.25) is 11.8 Å². The maximum Gasteiger partial charge on any atom is 0.227 e. The van der Waals surface area contributed by atoms with E-state index in [1.165, 1.54) is 37.7 Å². The lowest BCUT2D eigenvalue weighted by Gasteiger charge is -2.22. The molecule has 0 spiro atoms. The van der Waals surface area contributed by atoms with Gasteiger partial charge in [0, 0.05) is 25.2 Å². The number of benzene rings is 1. The highest BCUT2D eigenvalue weighted by atomic mass is 16.2. The van der Waals surface area contributed by atoms with Crippen LogP contribution in [0.3, 0.4) is 0 Å². The fourth-order valence-electron chi connectivity index (χ4n) is 3.64. The molecule has 1 N–H and O–H groups in total. The van der Waals surface area contributed by atoms with Crippen molar-refractivity contribution in [1.82, 2.24) is 5.32 Å². The summed E-state index contributed by atoms with van der Waals surface area (Å²) >= 11 is 0. The fourth-order valence-corrected chi connectivity index (χ4v) is 3.64. The van der Waals surface area contributed by atoms with E-state index in [4.69, 9.17) is 0 Å². The van der Waals surface area contributed by atoms with Gasteiger partial charge in [0.15, 0.2) is 0 Å². The molecule has 0 aromatic heterocycles. The van der Waals surface area contributed by atoms with Gasteiger partial charge < -0.3 is 10.2 Å². The summed E-state index contributed by atoms with van der Waals surface area (Å²) < 4.78 is 0. The van der Waals surface area contributed by atoms with Crippen LogP contribution < -0.4 is 10.2 Å². The first kappa shape index (κ1) is 16.0. The Morgan fingerprint density at radius 1 is 1.17 bits per heavy atom. The molecule has 4 nitrogen and oxygen atoms in total. The molecule has 1 aromatic carbocycles. The molecule has 1 heterocycles. The van der Waals surface area contributed by atoms with Crippen LogP contribution in [0.4, 0.5) is 5.69 Å². The Morgan fingerprint density at radius 3 is 2.57 bits per heavy atom. The molecule has 1 aliphatic carbocycles. The number of carbonyl (C=O) groups is 2. The summed E-state index contributed by atoms with van der Waals surface area (Å²) in [6, 6.07) is 7.91. The first-order valence-corrected chi connectivity index (χ1v) is 8.78. The Balaban J connectivity index is 1.54. The van der Waals surface area contributed by atoms with E-state index in [0.29, 0.717) is 18.9 Å². The van der Waals surface area contributed by atoms with E-state index in [1.807, 2.05) is 31.2 Å². The lowest BCUT2D eigenvalue weighted by molar-refractivity contribution is -0.126. The maximum absolute atomic E-state index is 12.4. The number of hydrogen-bond donors (Lipinski definition) is 1. The zero-order chi connectivity index (χ0) is 16.2. The van der Waals surface area contributed by atoms with Gasteiger partial charge in [0.25, 0.3) is 0 Å². The normalized spacial score (nSPS) is 22.4. The summed E-state index contributed by atoms with van der Waals surface area (Å²) in [6.07, 6.45) is 6.66. The van der Waals surface area contributed by atoms with Crippen LogP contribution in [0.5, 0.6) is 0 Å². The van der Waals surface area contributed by atoms with Gasteiger partial charge >= 0.3 is 0 Å². The fraction of sp³-hybridized carbons (Fsp3) is 0.579. The van der Waals surface area contributed by atoms with Crippen molar-refractivity contribution in [2.45, 2.75) is 45.4 Å². The predicted molar refractivity (Wildman–Crippen MR) is 91.2 cm³/mol. The van der Waals surface area contributed by atoms with Crippen molar-refractivity contribution in [3.8, 4) is 0 Å². The molecule has 2 amide bonds. The molecule has 1 aliphatic heterocycles. The molecule has 4 heteroatoms. The second-order valence-electron chi connectivity index (χ2n) is 6.99. The number of aryl methyl sites for hydroxylation is 1. The third kappa shape index (κ3) is 3.92. The molecule has 0 bridgehead atoms. The van der Waals surface area contributed by atoms with Gasteiger partial charge in [0.1, 0.15) is 0 Å². The molecule has 2 fully saturated rings. The monoisotopic (exact) mass is 314 g/mol. The van der Waals surface area contributed by atoms with Gasteiger partial charge in [-0.1, -0.05) is 37.0 Å². The molecule has 1 saturated heterocycles. The number of nitrogens with zero attached hydrogens (tertiary/aromatic N) is 1. The molecular formula is C19H26N2O2. The Hall–Kier alpha value is -1.84. The van der Waals surface area contributed by atoms with E-state index in [2.05, 4.69) is 5.32 Å². The van der Waals surface area contributed by atoms with Crippen LogP contribution in [-0.2, 0) is 9.59 Å². The highest BCUT2D eigenvalue weighted by molar-refractivity contribution is 6.00. The van der Waals surface area contributed by atoms with E-state index in [9.17, 15) is 9.59 Å². The van der Waals surface area contributed by atoms with Gasteiger partial charge in [-0.2, -0.15) is 0 Å². The van der Waals surface area contributed by atoms with Crippen LogP contribution in [0.25, 0.3) is 0 Å². The minimum Gasteiger partial charge on any atom is -0.356 e. The van der Waals surface area contributed by atoms with Gasteiger partial charge in [0.05, 0.1) is 5.92 Å². The van der Waals surface area contributed by atoms with Crippen molar-refractivity contribution in [3.05, 3.63) is 29.8 Å². The maximum atomic E-state index is 12.4. The molecule has 23 heavy (non-hydrogen) atoms. The second-order valence-corrected chi connectivity index (χ2v) is 6.99. The number of nitrogens with one attached hydrogen (secondary N) is 1. The lowest BCUT2D eigenvalue weighted by atomic mass is 9.89. The number of rotatable bonds is 4. The Morgan fingerprint density at radius 2 is 1.87 bits per heavy atom. The average Bonchev–Trinajstić information content (AvgIpc) is 2.96.